The maximum Gasteiger partial charge on any atom is 0.242 e. The van der Waals surface area contributed by atoms with Gasteiger partial charge in [-0.2, -0.15) is 0 Å². The molecule has 5 heteroatoms. The van der Waals surface area contributed by atoms with Crippen LogP contribution in [0.1, 0.15) is 18.9 Å². The van der Waals surface area contributed by atoms with E-state index < -0.39 is 0 Å². The lowest BCUT2D eigenvalue weighted by Gasteiger charge is -2.17. The van der Waals surface area contributed by atoms with Gasteiger partial charge in [0.25, 0.3) is 0 Å². The number of anilines is 1. The van der Waals surface area contributed by atoms with Crippen LogP contribution >= 0.6 is 15.9 Å². The first-order valence-corrected chi connectivity index (χ1v) is 7.13. The largest absolute Gasteiger partial charge is 0.385 e. The molecule has 0 spiro atoms. The maximum atomic E-state index is 11.9. The fourth-order valence-corrected chi connectivity index (χ4v) is 1.99. The summed E-state index contributed by atoms with van der Waals surface area (Å²) in [6.45, 7) is 5.16. The van der Waals surface area contributed by atoms with Gasteiger partial charge in [-0.25, -0.2) is 0 Å². The number of methoxy groups -OCH3 is 1. The summed E-state index contributed by atoms with van der Waals surface area (Å²) in [6.07, 6.45) is 0.824. The standard InChI is InChI=1S/C14H21BrN2O2/c1-10-5-6-12(15)9-13(10)17-11(2)14(18)16-7-4-8-19-3/h5-6,9,11,17H,4,7-8H2,1-3H3,(H,16,18). The second-order valence-corrected chi connectivity index (χ2v) is 5.38. The summed E-state index contributed by atoms with van der Waals surface area (Å²) in [5, 5.41) is 6.10. The van der Waals surface area contributed by atoms with Crippen LogP contribution in [-0.2, 0) is 9.53 Å². The zero-order valence-electron chi connectivity index (χ0n) is 11.6. The summed E-state index contributed by atoms with van der Waals surface area (Å²) >= 11 is 3.43. The Morgan fingerprint density at radius 2 is 2.21 bits per heavy atom. The van der Waals surface area contributed by atoms with Gasteiger partial charge in [0.05, 0.1) is 0 Å². The second kappa shape index (κ2) is 8.17. The fourth-order valence-electron chi connectivity index (χ4n) is 1.63. The predicted octanol–water partition coefficient (Wildman–Crippen LogP) is 2.71. The Bertz CT molecular complexity index is 424. The van der Waals surface area contributed by atoms with E-state index in [9.17, 15) is 4.79 Å². The molecule has 19 heavy (non-hydrogen) atoms. The van der Waals surface area contributed by atoms with Gasteiger partial charge < -0.3 is 15.4 Å². The highest BCUT2D eigenvalue weighted by Crippen LogP contribution is 2.21. The molecule has 0 fully saturated rings. The summed E-state index contributed by atoms with van der Waals surface area (Å²) < 4.78 is 5.93. The van der Waals surface area contributed by atoms with Gasteiger partial charge in [0, 0.05) is 30.4 Å². The van der Waals surface area contributed by atoms with Gasteiger partial charge in [-0.15, -0.1) is 0 Å². The number of benzene rings is 1. The number of halogens is 1. The van der Waals surface area contributed by atoms with E-state index >= 15 is 0 Å². The van der Waals surface area contributed by atoms with Crippen LogP contribution in [0.25, 0.3) is 0 Å². The molecule has 0 radical (unpaired) electrons. The molecule has 1 aromatic rings. The van der Waals surface area contributed by atoms with Crippen molar-refractivity contribution in [3.63, 3.8) is 0 Å². The molecule has 0 bridgehead atoms. The topological polar surface area (TPSA) is 50.4 Å². The van der Waals surface area contributed by atoms with E-state index in [0.717, 1.165) is 22.1 Å². The van der Waals surface area contributed by atoms with Crippen LogP contribution in [-0.4, -0.2) is 32.2 Å². The number of carbonyl (C=O) groups is 1. The number of ether oxygens (including phenoxy) is 1. The van der Waals surface area contributed by atoms with E-state index in [-0.39, 0.29) is 11.9 Å². The van der Waals surface area contributed by atoms with Crippen LogP contribution in [0, 0.1) is 6.92 Å². The van der Waals surface area contributed by atoms with Gasteiger partial charge >= 0.3 is 0 Å². The van der Waals surface area contributed by atoms with Crippen molar-refractivity contribution >= 4 is 27.5 Å². The lowest BCUT2D eigenvalue weighted by molar-refractivity contribution is -0.121. The Morgan fingerprint density at radius 3 is 2.89 bits per heavy atom. The average Bonchev–Trinajstić information content (AvgIpc) is 2.38. The van der Waals surface area contributed by atoms with Crippen molar-refractivity contribution < 1.29 is 9.53 Å². The van der Waals surface area contributed by atoms with Gasteiger partial charge in [0.1, 0.15) is 6.04 Å². The van der Waals surface area contributed by atoms with Gasteiger partial charge in [-0.1, -0.05) is 22.0 Å². The van der Waals surface area contributed by atoms with Gasteiger partial charge in [-0.3, -0.25) is 4.79 Å². The number of amides is 1. The fraction of sp³-hybridized carbons (Fsp3) is 0.500. The molecule has 0 heterocycles. The third kappa shape index (κ3) is 5.61. The number of carbonyl (C=O) groups excluding carboxylic acids is 1. The Hall–Kier alpha value is -1.07. The molecule has 1 atom stereocenters. The van der Waals surface area contributed by atoms with E-state index in [1.165, 1.54) is 0 Å². The number of nitrogens with one attached hydrogen (secondary N) is 2. The normalized spacial score (nSPS) is 12.0. The van der Waals surface area contributed by atoms with Crippen molar-refractivity contribution in [2.24, 2.45) is 0 Å². The van der Waals surface area contributed by atoms with Crippen LogP contribution in [0.5, 0.6) is 0 Å². The SMILES string of the molecule is COCCCNC(=O)C(C)Nc1cc(Br)ccc1C. The number of aryl methyl sites for hydroxylation is 1. The molecule has 0 saturated heterocycles. The highest BCUT2D eigenvalue weighted by molar-refractivity contribution is 9.10. The minimum Gasteiger partial charge on any atom is -0.385 e. The molecule has 0 aliphatic rings. The highest BCUT2D eigenvalue weighted by Gasteiger charge is 2.12. The van der Waals surface area contributed by atoms with E-state index in [1.54, 1.807) is 7.11 Å². The third-order valence-electron chi connectivity index (χ3n) is 2.79. The molecule has 1 aromatic carbocycles. The molecule has 0 aromatic heterocycles. The summed E-state index contributed by atoms with van der Waals surface area (Å²) in [7, 11) is 1.65. The summed E-state index contributed by atoms with van der Waals surface area (Å²) in [4.78, 5) is 11.9. The van der Waals surface area contributed by atoms with Gasteiger partial charge in [0.2, 0.25) is 5.91 Å². The van der Waals surface area contributed by atoms with Crippen LogP contribution in [0.15, 0.2) is 22.7 Å². The second-order valence-electron chi connectivity index (χ2n) is 4.46. The van der Waals surface area contributed by atoms with Gasteiger partial charge in [-0.05, 0) is 38.0 Å². The van der Waals surface area contributed by atoms with E-state index in [0.29, 0.717) is 13.2 Å². The van der Waals surface area contributed by atoms with Crippen LogP contribution in [0.4, 0.5) is 5.69 Å². The molecule has 1 rings (SSSR count). The van der Waals surface area contributed by atoms with Crippen LogP contribution < -0.4 is 10.6 Å². The first-order valence-electron chi connectivity index (χ1n) is 6.34. The highest BCUT2D eigenvalue weighted by atomic mass is 79.9. The van der Waals surface area contributed by atoms with Crippen LogP contribution in [0.2, 0.25) is 0 Å². The molecule has 106 valence electrons. The predicted molar refractivity (Wildman–Crippen MR) is 81.5 cm³/mol. The zero-order chi connectivity index (χ0) is 14.3. The lowest BCUT2D eigenvalue weighted by atomic mass is 10.2. The number of hydrogen-bond donors (Lipinski definition) is 2. The first-order chi connectivity index (χ1) is 9.04. The Balaban J connectivity index is 2.47. The zero-order valence-corrected chi connectivity index (χ0v) is 13.2. The molecule has 1 unspecified atom stereocenters. The molecule has 4 nitrogen and oxygen atoms in total. The first kappa shape index (κ1) is 16.0. The van der Waals surface area contributed by atoms with Crippen molar-refractivity contribution in [2.75, 3.05) is 25.6 Å². The monoisotopic (exact) mass is 328 g/mol. The molecule has 2 N–H and O–H groups in total. The molecule has 1 amide bonds. The molecular weight excluding hydrogens is 308 g/mol. The minimum atomic E-state index is -0.268. The van der Waals surface area contributed by atoms with E-state index in [1.807, 2.05) is 32.0 Å². The summed E-state index contributed by atoms with van der Waals surface area (Å²) in [5.74, 6) is -0.00419. The van der Waals surface area contributed by atoms with Crippen molar-refractivity contribution in [1.82, 2.24) is 5.32 Å². The van der Waals surface area contributed by atoms with Crippen molar-refractivity contribution in [2.45, 2.75) is 26.3 Å². The van der Waals surface area contributed by atoms with E-state index in [2.05, 4.69) is 26.6 Å². The molecule has 0 saturated carbocycles. The quantitative estimate of drug-likeness (QED) is 0.756. The van der Waals surface area contributed by atoms with E-state index in [4.69, 9.17) is 4.74 Å². The van der Waals surface area contributed by atoms with Crippen molar-refractivity contribution in [3.05, 3.63) is 28.2 Å². The number of hydrogen-bond acceptors (Lipinski definition) is 3. The third-order valence-corrected chi connectivity index (χ3v) is 3.28. The van der Waals surface area contributed by atoms with Gasteiger partial charge in [0.15, 0.2) is 0 Å². The number of rotatable bonds is 7. The Morgan fingerprint density at radius 1 is 1.47 bits per heavy atom. The minimum absolute atomic E-state index is 0.00419. The van der Waals surface area contributed by atoms with Crippen molar-refractivity contribution in [3.8, 4) is 0 Å². The molecule has 0 aliphatic heterocycles. The summed E-state index contributed by atoms with van der Waals surface area (Å²) in [5.41, 5.74) is 2.08. The van der Waals surface area contributed by atoms with Crippen molar-refractivity contribution in [1.29, 1.82) is 0 Å². The average molecular weight is 329 g/mol. The van der Waals surface area contributed by atoms with Crippen LogP contribution in [0.3, 0.4) is 0 Å². The summed E-state index contributed by atoms with van der Waals surface area (Å²) in [6, 6.07) is 5.70. The Kier molecular flexibility index (Phi) is 6.87. The maximum absolute atomic E-state index is 11.9. The molecule has 0 aliphatic carbocycles. The Labute approximate surface area is 123 Å². The smallest absolute Gasteiger partial charge is 0.242 e. The molecular formula is C14H21BrN2O2. The lowest BCUT2D eigenvalue weighted by Crippen LogP contribution is -2.38.